The lowest BCUT2D eigenvalue weighted by Gasteiger charge is -2.16. The van der Waals surface area contributed by atoms with Crippen molar-refractivity contribution >= 4 is 23.0 Å². The van der Waals surface area contributed by atoms with Crippen LogP contribution in [0.15, 0.2) is 6.33 Å². The molecule has 2 aromatic heterocycles. The number of aromatic nitrogens is 4. The Balaban J connectivity index is 1.91. The summed E-state index contributed by atoms with van der Waals surface area (Å²) in [6.07, 6.45) is -4.51. The molecule has 124 valence electrons. The van der Waals surface area contributed by atoms with E-state index in [0.29, 0.717) is 0 Å². The topological polar surface area (TPSA) is 146 Å². The molecular formula is C12H14FN5O5. The van der Waals surface area contributed by atoms with Crippen molar-refractivity contribution in [3.63, 3.8) is 0 Å². The molecule has 0 unspecified atom stereocenters. The molecule has 0 radical (unpaired) electrons. The maximum absolute atomic E-state index is 13.3. The van der Waals surface area contributed by atoms with Crippen molar-refractivity contribution in [2.75, 3.05) is 12.3 Å². The van der Waals surface area contributed by atoms with Crippen molar-refractivity contribution in [1.29, 1.82) is 0 Å². The Hall–Kier alpha value is -2.37. The van der Waals surface area contributed by atoms with E-state index >= 15 is 0 Å². The molecule has 3 rings (SSSR count). The van der Waals surface area contributed by atoms with Gasteiger partial charge in [-0.2, -0.15) is 14.4 Å². The van der Waals surface area contributed by atoms with Gasteiger partial charge in [0.15, 0.2) is 23.2 Å². The number of nitrogens with two attached hydrogens (primary N) is 1. The van der Waals surface area contributed by atoms with Crippen LogP contribution in [-0.2, 0) is 14.3 Å². The Morgan fingerprint density at radius 2 is 2.22 bits per heavy atom. The Labute approximate surface area is 128 Å². The highest BCUT2D eigenvalue weighted by molar-refractivity contribution is 5.81. The number of imidazole rings is 1. The Morgan fingerprint density at radius 1 is 1.48 bits per heavy atom. The van der Waals surface area contributed by atoms with Crippen LogP contribution in [-0.4, -0.2) is 60.6 Å². The maximum Gasteiger partial charge on any atom is 0.312 e. The van der Waals surface area contributed by atoms with Gasteiger partial charge < -0.3 is 25.4 Å². The molecule has 2 aromatic rings. The molecule has 1 fully saturated rings. The van der Waals surface area contributed by atoms with Crippen molar-refractivity contribution in [2.24, 2.45) is 0 Å². The van der Waals surface area contributed by atoms with Crippen LogP contribution in [0.4, 0.5) is 10.2 Å². The number of carbonyl (C=O) groups is 1. The van der Waals surface area contributed by atoms with Crippen molar-refractivity contribution < 1.29 is 28.9 Å². The first-order chi connectivity index (χ1) is 10.9. The molecule has 11 heteroatoms. The highest BCUT2D eigenvalue weighted by Crippen LogP contribution is 2.32. The number of ether oxygens (including phenoxy) is 2. The summed E-state index contributed by atoms with van der Waals surface area (Å²) in [6, 6.07) is 0. The number of halogens is 1. The quantitative estimate of drug-likeness (QED) is 0.464. The van der Waals surface area contributed by atoms with E-state index in [0.717, 1.165) is 0 Å². The summed E-state index contributed by atoms with van der Waals surface area (Å²) < 4.78 is 24.8. The second-order valence-electron chi connectivity index (χ2n) is 5.05. The monoisotopic (exact) mass is 327 g/mol. The second-order valence-corrected chi connectivity index (χ2v) is 5.05. The van der Waals surface area contributed by atoms with E-state index in [4.69, 9.17) is 15.2 Å². The first kappa shape index (κ1) is 15.5. The standard InChI is InChI=1S/C12H14FN5O5/c1-4(19)22-2-5-7(20)8(21)11(23-5)18-3-15-6-9(14)16-12(13)17-10(6)18/h3,5,7-8,11,20-21H,2H2,1H3,(H2,14,16,17)/t5-,7-,8-,11-/m1/s1. The first-order valence-electron chi connectivity index (χ1n) is 6.69. The Morgan fingerprint density at radius 3 is 2.91 bits per heavy atom. The van der Waals surface area contributed by atoms with Crippen molar-refractivity contribution in [2.45, 2.75) is 31.5 Å². The average Bonchev–Trinajstić information content (AvgIpc) is 3.00. The van der Waals surface area contributed by atoms with Gasteiger partial charge in [0.1, 0.15) is 24.9 Å². The molecule has 1 saturated heterocycles. The van der Waals surface area contributed by atoms with Gasteiger partial charge >= 0.3 is 12.0 Å². The zero-order valence-electron chi connectivity index (χ0n) is 12.0. The van der Waals surface area contributed by atoms with Gasteiger partial charge in [-0.1, -0.05) is 0 Å². The van der Waals surface area contributed by atoms with Gasteiger partial charge in [-0.05, 0) is 0 Å². The molecule has 0 bridgehead atoms. The molecule has 0 amide bonds. The molecule has 1 aliphatic heterocycles. The smallest absolute Gasteiger partial charge is 0.312 e. The van der Waals surface area contributed by atoms with E-state index in [1.807, 2.05) is 0 Å². The molecule has 1 aliphatic rings. The second kappa shape index (κ2) is 5.68. The van der Waals surface area contributed by atoms with Gasteiger partial charge in [-0.25, -0.2) is 4.98 Å². The van der Waals surface area contributed by atoms with Crippen LogP contribution in [0.25, 0.3) is 11.2 Å². The van der Waals surface area contributed by atoms with Crippen LogP contribution < -0.4 is 5.73 Å². The fourth-order valence-corrected chi connectivity index (χ4v) is 2.39. The average molecular weight is 327 g/mol. The van der Waals surface area contributed by atoms with Crippen LogP contribution >= 0.6 is 0 Å². The summed E-state index contributed by atoms with van der Waals surface area (Å²) in [6.45, 7) is 0.975. The molecular weight excluding hydrogens is 313 g/mol. The lowest BCUT2D eigenvalue weighted by Crippen LogP contribution is -2.34. The normalized spacial score (nSPS) is 27.5. The molecule has 23 heavy (non-hydrogen) atoms. The van der Waals surface area contributed by atoms with E-state index in [1.54, 1.807) is 0 Å². The fourth-order valence-electron chi connectivity index (χ4n) is 2.39. The fraction of sp³-hybridized carbons (Fsp3) is 0.500. The highest BCUT2D eigenvalue weighted by Gasteiger charge is 2.44. The summed E-state index contributed by atoms with van der Waals surface area (Å²) >= 11 is 0. The highest BCUT2D eigenvalue weighted by atomic mass is 19.1. The molecule has 4 N–H and O–H groups in total. The predicted molar refractivity (Wildman–Crippen MR) is 72.2 cm³/mol. The van der Waals surface area contributed by atoms with Crippen LogP contribution in [0.1, 0.15) is 13.2 Å². The van der Waals surface area contributed by atoms with E-state index in [9.17, 15) is 19.4 Å². The van der Waals surface area contributed by atoms with Crippen molar-refractivity contribution in [3.05, 3.63) is 12.4 Å². The van der Waals surface area contributed by atoms with Crippen molar-refractivity contribution in [3.8, 4) is 0 Å². The number of nitrogen functional groups attached to an aromatic ring is 1. The van der Waals surface area contributed by atoms with Gasteiger partial charge in [-0.15, -0.1) is 0 Å². The summed E-state index contributed by atoms with van der Waals surface area (Å²) in [4.78, 5) is 21.7. The number of carbonyl (C=O) groups excluding carboxylic acids is 1. The number of fused-ring (bicyclic) bond motifs is 1. The number of aliphatic hydroxyl groups excluding tert-OH is 2. The van der Waals surface area contributed by atoms with Crippen LogP contribution in [0, 0.1) is 6.08 Å². The van der Waals surface area contributed by atoms with Crippen molar-refractivity contribution in [1.82, 2.24) is 19.5 Å². The van der Waals surface area contributed by atoms with E-state index in [-0.39, 0.29) is 23.6 Å². The molecule has 0 aromatic carbocycles. The number of aliphatic hydroxyl groups is 2. The van der Waals surface area contributed by atoms with Gasteiger partial charge in [-0.3, -0.25) is 9.36 Å². The number of esters is 1. The molecule has 0 spiro atoms. The number of nitrogens with zero attached hydrogens (tertiary/aromatic N) is 4. The first-order valence-corrected chi connectivity index (χ1v) is 6.69. The zero-order chi connectivity index (χ0) is 16.7. The lowest BCUT2D eigenvalue weighted by atomic mass is 10.1. The third kappa shape index (κ3) is 2.69. The number of hydrogen-bond donors (Lipinski definition) is 3. The summed E-state index contributed by atoms with van der Waals surface area (Å²) in [5.74, 6) is -0.704. The van der Waals surface area contributed by atoms with Gasteiger partial charge in [0, 0.05) is 6.92 Å². The maximum atomic E-state index is 13.3. The summed E-state index contributed by atoms with van der Waals surface area (Å²) in [7, 11) is 0. The summed E-state index contributed by atoms with van der Waals surface area (Å²) in [5, 5.41) is 20.1. The lowest BCUT2D eigenvalue weighted by molar-refractivity contribution is -0.147. The largest absolute Gasteiger partial charge is 0.463 e. The third-order valence-corrected chi connectivity index (χ3v) is 3.48. The van der Waals surface area contributed by atoms with Crippen LogP contribution in [0.5, 0.6) is 0 Å². The SMILES string of the molecule is CC(=O)OC[C@H]1O[C@@H](n2cnc3c(N)nc(F)nc32)[C@H](O)[C@@H]1O. The van der Waals surface area contributed by atoms with Gasteiger partial charge in [0.05, 0.1) is 6.33 Å². The Kier molecular flexibility index (Phi) is 3.83. The summed E-state index contributed by atoms with van der Waals surface area (Å²) in [5.41, 5.74) is 5.71. The third-order valence-electron chi connectivity index (χ3n) is 3.48. The van der Waals surface area contributed by atoms with E-state index < -0.39 is 36.6 Å². The van der Waals surface area contributed by atoms with E-state index in [1.165, 1.54) is 17.8 Å². The minimum absolute atomic E-state index is 0.0133. The molecule has 10 nitrogen and oxygen atoms in total. The van der Waals surface area contributed by atoms with Crippen LogP contribution in [0.2, 0.25) is 0 Å². The number of anilines is 1. The number of hydrogen-bond acceptors (Lipinski definition) is 9. The van der Waals surface area contributed by atoms with Crippen LogP contribution in [0.3, 0.4) is 0 Å². The molecule has 0 aliphatic carbocycles. The zero-order valence-corrected chi connectivity index (χ0v) is 12.0. The minimum Gasteiger partial charge on any atom is -0.463 e. The minimum atomic E-state index is -1.35. The number of rotatable bonds is 3. The predicted octanol–water partition coefficient (Wildman–Crippen LogP) is -1.27. The van der Waals surface area contributed by atoms with Gasteiger partial charge in [0.2, 0.25) is 0 Å². The molecule has 4 atom stereocenters. The van der Waals surface area contributed by atoms with Gasteiger partial charge in [0.25, 0.3) is 0 Å². The van der Waals surface area contributed by atoms with E-state index in [2.05, 4.69) is 15.0 Å². The molecule has 3 heterocycles. The molecule has 0 saturated carbocycles. The Bertz CT molecular complexity index is 753.